The van der Waals surface area contributed by atoms with Gasteiger partial charge < -0.3 is 20.0 Å². The van der Waals surface area contributed by atoms with Crippen molar-refractivity contribution in [3.8, 4) is 0 Å². The van der Waals surface area contributed by atoms with Crippen molar-refractivity contribution < 1.29 is 19.4 Å². The van der Waals surface area contributed by atoms with Gasteiger partial charge in [0.05, 0.1) is 17.8 Å². The van der Waals surface area contributed by atoms with Crippen LogP contribution in [0.3, 0.4) is 0 Å². The Morgan fingerprint density at radius 2 is 2.04 bits per heavy atom. The molecule has 0 radical (unpaired) electrons. The summed E-state index contributed by atoms with van der Waals surface area (Å²) in [6, 6.07) is 0. The van der Waals surface area contributed by atoms with E-state index in [4.69, 9.17) is 0 Å². The number of likely N-dealkylation sites (tertiary alicyclic amines) is 1. The zero-order valence-corrected chi connectivity index (χ0v) is 15.6. The van der Waals surface area contributed by atoms with E-state index < -0.39 is 5.97 Å². The Morgan fingerprint density at radius 3 is 2.62 bits per heavy atom. The number of halogens is 2. The Kier molecular flexibility index (Phi) is 5.17. The second-order valence-electron chi connectivity index (χ2n) is 7.41. The molecule has 1 atom stereocenters. The fourth-order valence-electron chi connectivity index (χ4n) is 4.17. The van der Waals surface area contributed by atoms with Crippen LogP contribution < -0.4 is 0 Å². The van der Waals surface area contributed by atoms with Crippen LogP contribution in [0.15, 0.2) is 46.2 Å². The molecule has 0 aromatic rings. The number of hydrogen-bond donors (Lipinski definition) is 2. The SMILES string of the molecule is CC1=C(N2CC[C@H](CO)C2)C(F)=CN2CC(C(=O)O)=CC(C3CC3)=C12.Cl. The minimum absolute atomic E-state index is 0. The molecular formula is C19H24ClFN2O3. The van der Waals surface area contributed by atoms with E-state index in [9.17, 15) is 19.4 Å². The highest BCUT2D eigenvalue weighted by Gasteiger charge is 2.38. The van der Waals surface area contributed by atoms with Crippen molar-refractivity contribution in [2.24, 2.45) is 11.8 Å². The molecule has 1 aliphatic carbocycles. The van der Waals surface area contributed by atoms with Crippen LogP contribution >= 0.6 is 12.4 Å². The Hall–Kier alpha value is -1.79. The van der Waals surface area contributed by atoms with Crippen molar-refractivity contribution in [2.75, 3.05) is 26.2 Å². The van der Waals surface area contributed by atoms with Gasteiger partial charge >= 0.3 is 5.97 Å². The largest absolute Gasteiger partial charge is 0.478 e. The van der Waals surface area contributed by atoms with Crippen LogP contribution in [0.1, 0.15) is 26.2 Å². The van der Waals surface area contributed by atoms with Crippen LogP contribution in [-0.4, -0.2) is 52.2 Å². The molecular weight excluding hydrogens is 359 g/mol. The van der Waals surface area contributed by atoms with E-state index in [1.165, 1.54) is 6.20 Å². The summed E-state index contributed by atoms with van der Waals surface area (Å²) in [5, 5.41) is 18.8. The summed E-state index contributed by atoms with van der Waals surface area (Å²) in [4.78, 5) is 15.2. The molecule has 4 rings (SSSR count). The van der Waals surface area contributed by atoms with Crippen LogP contribution in [0.5, 0.6) is 0 Å². The molecule has 142 valence electrons. The molecule has 3 aliphatic heterocycles. The van der Waals surface area contributed by atoms with Crippen molar-refractivity contribution in [3.05, 3.63) is 46.2 Å². The molecule has 7 heteroatoms. The van der Waals surface area contributed by atoms with Crippen molar-refractivity contribution >= 4 is 18.4 Å². The maximum absolute atomic E-state index is 14.9. The molecule has 0 aromatic heterocycles. The molecule has 0 aromatic carbocycles. The number of aliphatic hydroxyl groups excluding tert-OH is 1. The molecule has 0 amide bonds. The molecule has 0 unspecified atom stereocenters. The summed E-state index contributed by atoms with van der Waals surface area (Å²) in [7, 11) is 0. The Labute approximate surface area is 158 Å². The van der Waals surface area contributed by atoms with Crippen LogP contribution in [-0.2, 0) is 4.79 Å². The number of hydrogen-bond acceptors (Lipinski definition) is 4. The standard InChI is InChI=1S/C19H23FN2O3.ClH/c1-11-17-15(13-2-3-13)6-14(19(24)25)8-22(17)9-16(20)18(11)21-5-4-12(7-21)10-23;/h6,9,12-13,23H,2-5,7-8,10H2,1H3,(H,24,25);1H/t12-;/m0./s1. The molecule has 0 spiro atoms. The Bertz CT molecular complexity index is 752. The molecule has 4 aliphatic rings. The summed E-state index contributed by atoms with van der Waals surface area (Å²) < 4.78 is 14.9. The van der Waals surface area contributed by atoms with Crippen LogP contribution in [0.25, 0.3) is 0 Å². The smallest absolute Gasteiger partial charge is 0.333 e. The van der Waals surface area contributed by atoms with Gasteiger partial charge in [0.15, 0.2) is 5.83 Å². The number of carboxylic acid groups (broad SMARTS) is 1. The van der Waals surface area contributed by atoms with Gasteiger partial charge in [0, 0.05) is 37.5 Å². The number of nitrogens with zero attached hydrogens (tertiary/aromatic N) is 2. The normalized spacial score (nSPS) is 25.7. The molecule has 2 N–H and O–H groups in total. The predicted octanol–water partition coefficient (Wildman–Crippen LogP) is 2.81. The van der Waals surface area contributed by atoms with Gasteiger partial charge in [-0.25, -0.2) is 9.18 Å². The number of aliphatic hydroxyl groups is 1. The van der Waals surface area contributed by atoms with E-state index in [0.29, 0.717) is 23.7 Å². The third kappa shape index (κ3) is 3.16. The average molecular weight is 383 g/mol. The maximum atomic E-state index is 14.9. The fraction of sp³-hybridized carbons (Fsp3) is 0.526. The van der Waals surface area contributed by atoms with E-state index in [-0.39, 0.29) is 37.3 Å². The fourth-order valence-corrected chi connectivity index (χ4v) is 4.17. The second-order valence-corrected chi connectivity index (χ2v) is 7.41. The minimum Gasteiger partial charge on any atom is -0.478 e. The predicted molar refractivity (Wildman–Crippen MR) is 98.1 cm³/mol. The van der Waals surface area contributed by atoms with Gasteiger partial charge in [-0.1, -0.05) is 0 Å². The molecule has 1 saturated heterocycles. The van der Waals surface area contributed by atoms with E-state index in [0.717, 1.165) is 42.7 Å². The van der Waals surface area contributed by atoms with Gasteiger partial charge in [-0.05, 0) is 49.3 Å². The molecule has 2 fully saturated rings. The van der Waals surface area contributed by atoms with Gasteiger partial charge in [0.1, 0.15) is 0 Å². The van der Waals surface area contributed by atoms with Gasteiger partial charge in [-0.15, -0.1) is 12.4 Å². The third-order valence-electron chi connectivity index (χ3n) is 5.59. The maximum Gasteiger partial charge on any atom is 0.333 e. The van der Waals surface area contributed by atoms with Gasteiger partial charge in [0.25, 0.3) is 0 Å². The summed E-state index contributed by atoms with van der Waals surface area (Å²) in [6.45, 7) is 3.64. The monoisotopic (exact) mass is 382 g/mol. The minimum atomic E-state index is -0.941. The first-order chi connectivity index (χ1) is 12.0. The number of carbonyl (C=O) groups is 1. The number of fused-ring (bicyclic) bond motifs is 1. The zero-order chi connectivity index (χ0) is 17.7. The van der Waals surface area contributed by atoms with Gasteiger partial charge in [-0.3, -0.25) is 0 Å². The van der Waals surface area contributed by atoms with Crippen LogP contribution in [0, 0.1) is 11.8 Å². The Morgan fingerprint density at radius 1 is 1.31 bits per heavy atom. The molecule has 26 heavy (non-hydrogen) atoms. The number of rotatable bonds is 4. The van der Waals surface area contributed by atoms with Crippen molar-refractivity contribution in [3.63, 3.8) is 0 Å². The lowest BCUT2D eigenvalue weighted by atomic mass is 9.92. The van der Waals surface area contributed by atoms with E-state index in [2.05, 4.69) is 0 Å². The third-order valence-corrected chi connectivity index (χ3v) is 5.59. The highest BCUT2D eigenvalue weighted by atomic mass is 35.5. The first kappa shape index (κ1) is 19.0. The molecule has 1 saturated carbocycles. The highest BCUT2D eigenvalue weighted by Crippen LogP contribution is 2.46. The molecule has 3 heterocycles. The molecule has 5 nitrogen and oxygen atoms in total. The molecule has 0 bridgehead atoms. The van der Waals surface area contributed by atoms with Crippen molar-refractivity contribution in [1.29, 1.82) is 0 Å². The summed E-state index contributed by atoms with van der Waals surface area (Å²) in [5.74, 6) is -0.694. The lowest BCUT2D eigenvalue weighted by molar-refractivity contribution is -0.132. The topological polar surface area (TPSA) is 64.0 Å². The summed E-state index contributed by atoms with van der Waals surface area (Å²) in [6.07, 6.45) is 6.22. The van der Waals surface area contributed by atoms with Crippen LogP contribution in [0.4, 0.5) is 4.39 Å². The number of aliphatic carboxylic acids is 1. The van der Waals surface area contributed by atoms with Gasteiger partial charge in [-0.2, -0.15) is 0 Å². The first-order valence-corrected chi connectivity index (χ1v) is 8.89. The highest BCUT2D eigenvalue weighted by molar-refractivity contribution is 5.88. The summed E-state index contributed by atoms with van der Waals surface area (Å²) >= 11 is 0. The van der Waals surface area contributed by atoms with Crippen molar-refractivity contribution in [1.82, 2.24) is 9.80 Å². The lowest BCUT2D eigenvalue weighted by Crippen LogP contribution is -2.34. The van der Waals surface area contributed by atoms with Crippen molar-refractivity contribution in [2.45, 2.75) is 26.2 Å². The average Bonchev–Trinajstić information content (AvgIpc) is 3.32. The number of carboxylic acids is 1. The summed E-state index contributed by atoms with van der Waals surface area (Å²) in [5.41, 5.74) is 3.79. The van der Waals surface area contributed by atoms with Gasteiger partial charge in [0.2, 0.25) is 0 Å². The van der Waals surface area contributed by atoms with Crippen LogP contribution in [0.2, 0.25) is 0 Å². The Balaban J connectivity index is 0.00000196. The van der Waals surface area contributed by atoms with E-state index >= 15 is 0 Å². The quantitative estimate of drug-likeness (QED) is 0.782. The van der Waals surface area contributed by atoms with E-state index in [1.807, 2.05) is 11.8 Å². The zero-order valence-electron chi connectivity index (χ0n) is 14.7. The number of allylic oxidation sites excluding steroid dienone is 4. The van der Waals surface area contributed by atoms with E-state index in [1.54, 1.807) is 11.0 Å². The second kappa shape index (κ2) is 7.08. The first-order valence-electron chi connectivity index (χ1n) is 8.89. The lowest BCUT2D eigenvalue weighted by Gasteiger charge is -2.37.